The zero-order valence-electron chi connectivity index (χ0n) is 23.8. The molecule has 0 radical (unpaired) electrons. The van der Waals surface area contributed by atoms with Gasteiger partial charge in [0.2, 0.25) is 0 Å². The zero-order valence-corrected chi connectivity index (χ0v) is 23.8. The predicted molar refractivity (Wildman–Crippen MR) is 143 cm³/mol. The van der Waals surface area contributed by atoms with Gasteiger partial charge in [0.15, 0.2) is 0 Å². The van der Waals surface area contributed by atoms with Crippen LogP contribution in [0.1, 0.15) is 98.8 Å². The van der Waals surface area contributed by atoms with Crippen LogP contribution in [0.2, 0.25) is 0 Å². The lowest BCUT2D eigenvalue weighted by molar-refractivity contribution is -0.170. The highest BCUT2D eigenvalue weighted by molar-refractivity contribution is 5.77. The van der Waals surface area contributed by atoms with E-state index in [1.54, 1.807) is 0 Å². The Labute approximate surface area is 227 Å². The van der Waals surface area contributed by atoms with Crippen LogP contribution in [-0.2, 0) is 14.3 Å². The zero-order chi connectivity index (χ0) is 27.7. The Hall–Kier alpha value is -2.05. The van der Waals surface area contributed by atoms with E-state index in [1.165, 1.54) is 5.57 Å². The summed E-state index contributed by atoms with van der Waals surface area (Å²) in [5.74, 6) is 0.124. The first kappa shape index (κ1) is 27.5. The van der Waals surface area contributed by atoms with Gasteiger partial charge in [-0.25, -0.2) is 4.79 Å². The monoisotopic (exact) mass is 529 g/mol. The summed E-state index contributed by atoms with van der Waals surface area (Å²) in [6, 6.07) is 0. The van der Waals surface area contributed by atoms with Crippen LogP contribution in [0.5, 0.6) is 0 Å². The third kappa shape index (κ3) is 4.18. The fourth-order valence-electron chi connectivity index (χ4n) is 10.4. The van der Waals surface area contributed by atoms with Crippen LogP contribution in [0, 0.1) is 51.2 Å². The van der Waals surface area contributed by atoms with E-state index in [0.29, 0.717) is 17.8 Å². The summed E-state index contributed by atoms with van der Waals surface area (Å²) in [7, 11) is 0. The number of carbonyl (C=O) groups is 3. The molecular weight excluding hydrogens is 482 g/mol. The van der Waals surface area contributed by atoms with Gasteiger partial charge in [-0.1, -0.05) is 46.3 Å². The Morgan fingerprint density at radius 3 is 2.34 bits per heavy atom. The number of hydrogen-bond acceptors (Lipinski definition) is 4. The lowest BCUT2D eigenvalue weighted by Crippen LogP contribution is -2.60. The molecule has 5 aliphatic carbocycles. The second-order valence-electron chi connectivity index (χ2n) is 14.7. The van der Waals surface area contributed by atoms with E-state index < -0.39 is 30.0 Å². The number of aliphatic carboxylic acids is 2. The molecule has 3 unspecified atom stereocenters. The number of hydrogen-bond donors (Lipinski definition) is 3. The van der Waals surface area contributed by atoms with E-state index >= 15 is 0 Å². The van der Waals surface area contributed by atoms with Crippen molar-refractivity contribution in [2.24, 2.45) is 51.2 Å². The van der Waals surface area contributed by atoms with Crippen molar-refractivity contribution in [3.63, 3.8) is 0 Å². The van der Waals surface area contributed by atoms with Crippen LogP contribution < -0.4 is 5.32 Å². The highest BCUT2D eigenvalue weighted by Gasteiger charge is 2.64. The minimum absolute atomic E-state index is 0.138. The van der Waals surface area contributed by atoms with Gasteiger partial charge in [-0.2, -0.15) is 0 Å². The molecule has 0 aliphatic heterocycles. The lowest BCUT2D eigenvalue weighted by atomic mass is 9.38. The first-order valence-corrected chi connectivity index (χ1v) is 14.8. The minimum Gasteiger partial charge on any atom is -0.481 e. The molecule has 4 saturated carbocycles. The van der Waals surface area contributed by atoms with Crippen molar-refractivity contribution in [1.82, 2.24) is 5.32 Å². The van der Waals surface area contributed by atoms with E-state index in [0.717, 1.165) is 64.2 Å². The van der Waals surface area contributed by atoms with Crippen LogP contribution in [-0.4, -0.2) is 40.9 Å². The van der Waals surface area contributed by atoms with Crippen LogP contribution >= 0.6 is 0 Å². The van der Waals surface area contributed by atoms with Crippen LogP contribution in [0.3, 0.4) is 0 Å². The molecule has 0 aromatic rings. The highest BCUT2D eigenvalue weighted by Crippen LogP contribution is 2.70. The molecule has 5 aliphatic rings. The molecule has 0 heterocycles. The molecule has 7 heteroatoms. The van der Waals surface area contributed by atoms with Gasteiger partial charge in [-0.3, -0.25) is 9.59 Å². The van der Waals surface area contributed by atoms with Gasteiger partial charge in [-0.15, -0.1) is 0 Å². The smallest absolute Gasteiger partial charge is 0.407 e. The molecule has 0 aromatic heterocycles. The predicted octanol–water partition coefficient (Wildman–Crippen LogP) is 6.27. The number of rotatable bonds is 4. The number of ether oxygens (including phenoxy) is 1. The van der Waals surface area contributed by atoms with Gasteiger partial charge in [0.05, 0.1) is 5.41 Å². The Bertz CT molecular complexity index is 1040. The van der Waals surface area contributed by atoms with Crippen molar-refractivity contribution in [2.45, 2.75) is 105 Å². The fourth-order valence-corrected chi connectivity index (χ4v) is 10.4. The summed E-state index contributed by atoms with van der Waals surface area (Å²) in [5, 5.41) is 21.7. The molecule has 0 bridgehead atoms. The number of carboxylic acid groups (broad SMARTS) is 2. The molecule has 38 heavy (non-hydrogen) atoms. The quantitative estimate of drug-likeness (QED) is 0.370. The van der Waals surface area contributed by atoms with Gasteiger partial charge in [0, 0.05) is 0 Å². The molecule has 0 aromatic carbocycles. The summed E-state index contributed by atoms with van der Waals surface area (Å²) in [6.07, 6.45) is 11.2. The largest absolute Gasteiger partial charge is 0.481 e. The molecule has 3 N–H and O–H groups in total. The maximum atomic E-state index is 12.7. The Morgan fingerprint density at radius 1 is 0.947 bits per heavy atom. The summed E-state index contributed by atoms with van der Waals surface area (Å²) in [4.78, 5) is 35.8. The van der Waals surface area contributed by atoms with E-state index in [2.05, 4.69) is 46.0 Å². The number of amides is 1. The lowest BCUT2D eigenvalue weighted by Gasteiger charge is -2.66. The van der Waals surface area contributed by atoms with Crippen molar-refractivity contribution >= 4 is 18.0 Å². The van der Waals surface area contributed by atoms with Crippen molar-refractivity contribution in [1.29, 1.82) is 0 Å². The van der Waals surface area contributed by atoms with Crippen molar-refractivity contribution in [3.05, 3.63) is 11.6 Å². The second kappa shape index (κ2) is 9.26. The molecule has 0 saturated heterocycles. The van der Waals surface area contributed by atoms with E-state index in [4.69, 9.17) is 9.84 Å². The number of nitrogens with one attached hydrogen (secondary N) is 1. The highest BCUT2D eigenvalue weighted by atomic mass is 16.6. The Balaban J connectivity index is 1.39. The van der Waals surface area contributed by atoms with Crippen molar-refractivity contribution in [2.75, 3.05) is 6.54 Å². The van der Waals surface area contributed by atoms with E-state index in [-0.39, 0.29) is 34.2 Å². The van der Waals surface area contributed by atoms with Crippen LogP contribution in [0.25, 0.3) is 0 Å². The molecule has 0 spiro atoms. The SMILES string of the molecule is C[C@@H]1C2CC[C@@]3(C)C4CC[C@@]5(C(=O)O)CCC(C)(C)C[C@H]5C4=CCC3[C@@]2(C)CC[C@@H]1OC(=O)NCC(=O)O. The molecule has 1 amide bonds. The number of carboxylic acids is 2. The maximum Gasteiger partial charge on any atom is 0.407 e. The summed E-state index contributed by atoms with van der Waals surface area (Å²) >= 11 is 0. The number of allylic oxidation sites excluding steroid dienone is 2. The standard InChI is InChI=1S/C31H47NO6/c1-18-20-8-11-30(5)21-9-13-31(26(35)36)15-14-28(2,3)16-22(31)19(21)6-7-24(30)29(20,4)12-10-23(18)38-27(37)32-17-25(33)34/h6,18,20-24H,7-17H2,1-5H3,(H,32,37)(H,33,34)(H,35,36)/t18-,20?,21?,22+,23+,24?,29+,30+,31-/m1/s1. The average molecular weight is 530 g/mol. The maximum absolute atomic E-state index is 12.7. The van der Waals surface area contributed by atoms with Crippen molar-refractivity contribution in [3.8, 4) is 0 Å². The van der Waals surface area contributed by atoms with Crippen LogP contribution in [0.4, 0.5) is 4.79 Å². The van der Waals surface area contributed by atoms with Gasteiger partial charge >= 0.3 is 18.0 Å². The normalized spacial score (nSPS) is 45.2. The number of fused-ring (bicyclic) bond motifs is 7. The Kier molecular flexibility index (Phi) is 6.71. The van der Waals surface area contributed by atoms with Crippen LogP contribution in [0.15, 0.2) is 11.6 Å². The van der Waals surface area contributed by atoms with Gasteiger partial charge < -0.3 is 20.3 Å². The molecular formula is C31H47NO6. The first-order valence-electron chi connectivity index (χ1n) is 14.8. The van der Waals surface area contributed by atoms with Gasteiger partial charge in [-0.05, 0) is 110 Å². The topological polar surface area (TPSA) is 113 Å². The molecule has 7 nitrogen and oxygen atoms in total. The fraction of sp³-hybridized carbons (Fsp3) is 0.839. The second-order valence-corrected chi connectivity index (χ2v) is 14.7. The average Bonchev–Trinajstić information content (AvgIpc) is 2.83. The summed E-state index contributed by atoms with van der Waals surface area (Å²) < 4.78 is 5.73. The summed E-state index contributed by atoms with van der Waals surface area (Å²) in [6.45, 7) is 11.4. The van der Waals surface area contributed by atoms with E-state index in [9.17, 15) is 19.5 Å². The van der Waals surface area contributed by atoms with Gasteiger partial charge in [0.25, 0.3) is 0 Å². The van der Waals surface area contributed by atoms with Crippen molar-refractivity contribution < 1.29 is 29.3 Å². The molecule has 9 atom stereocenters. The molecule has 4 fully saturated rings. The summed E-state index contributed by atoms with van der Waals surface area (Å²) in [5.41, 5.74) is 1.35. The first-order chi connectivity index (χ1) is 17.7. The van der Waals surface area contributed by atoms with E-state index in [1.807, 2.05) is 0 Å². The third-order valence-electron chi connectivity index (χ3n) is 12.4. The minimum atomic E-state index is -1.08. The van der Waals surface area contributed by atoms with Gasteiger partial charge in [0.1, 0.15) is 12.6 Å². The Morgan fingerprint density at radius 2 is 1.66 bits per heavy atom. The number of alkyl carbamates (subject to hydrolysis) is 1. The molecule has 212 valence electrons. The third-order valence-corrected chi connectivity index (χ3v) is 12.4. The molecule has 5 rings (SSSR count). The number of carbonyl (C=O) groups excluding carboxylic acids is 1.